The Morgan fingerprint density at radius 1 is 1.23 bits per heavy atom. The summed E-state index contributed by atoms with van der Waals surface area (Å²) in [6.45, 7) is 2.14. The number of amides is 2. The van der Waals surface area contributed by atoms with Crippen molar-refractivity contribution in [2.24, 2.45) is 0 Å². The van der Waals surface area contributed by atoms with Gasteiger partial charge in [-0.1, -0.05) is 41.4 Å². The van der Waals surface area contributed by atoms with Crippen LogP contribution in [0.2, 0.25) is 10.0 Å². The molecule has 2 aromatic rings. The minimum atomic E-state index is -0.218. The first kappa shape index (κ1) is 18.5. The van der Waals surface area contributed by atoms with Gasteiger partial charge in [0.2, 0.25) is 5.91 Å². The minimum Gasteiger partial charge on any atom is -0.482 e. The average molecular weight is 393 g/mol. The number of carbonyl (C=O) groups excluding carboxylic acids is 2. The number of para-hydroxylation sites is 2. The van der Waals surface area contributed by atoms with Crippen LogP contribution in [0.15, 0.2) is 42.5 Å². The monoisotopic (exact) mass is 392 g/mol. The lowest BCUT2D eigenvalue weighted by Crippen LogP contribution is -2.41. The van der Waals surface area contributed by atoms with E-state index in [0.29, 0.717) is 28.0 Å². The summed E-state index contributed by atoms with van der Waals surface area (Å²) in [6.07, 6.45) is 0.186. The van der Waals surface area contributed by atoms with Gasteiger partial charge in [0.1, 0.15) is 5.75 Å². The molecule has 1 aliphatic heterocycles. The fourth-order valence-corrected chi connectivity index (χ4v) is 3.10. The lowest BCUT2D eigenvalue weighted by atomic mass is 10.1. The largest absolute Gasteiger partial charge is 0.482 e. The number of ether oxygens (including phenoxy) is 1. The molecule has 1 unspecified atom stereocenters. The van der Waals surface area contributed by atoms with Crippen LogP contribution in [0.1, 0.15) is 24.9 Å². The van der Waals surface area contributed by atoms with E-state index in [4.69, 9.17) is 27.9 Å². The van der Waals surface area contributed by atoms with Crippen molar-refractivity contribution < 1.29 is 14.3 Å². The molecule has 0 saturated heterocycles. The molecule has 5 nitrogen and oxygen atoms in total. The number of nitrogens with zero attached hydrogens (tertiary/aromatic N) is 1. The molecule has 0 bridgehead atoms. The Morgan fingerprint density at radius 3 is 2.77 bits per heavy atom. The van der Waals surface area contributed by atoms with Crippen molar-refractivity contribution in [1.29, 1.82) is 0 Å². The minimum absolute atomic E-state index is 0.0156. The quantitative estimate of drug-likeness (QED) is 0.836. The first-order chi connectivity index (χ1) is 12.5. The molecular formula is C19H18Cl2N2O3. The Hall–Kier alpha value is -2.24. The van der Waals surface area contributed by atoms with Crippen molar-refractivity contribution in [3.05, 3.63) is 58.1 Å². The summed E-state index contributed by atoms with van der Waals surface area (Å²) in [7, 11) is 0. The summed E-state index contributed by atoms with van der Waals surface area (Å²) in [6, 6.07) is 12.3. The second-order valence-electron chi connectivity index (χ2n) is 6.01. The van der Waals surface area contributed by atoms with Gasteiger partial charge in [0.05, 0.1) is 21.8 Å². The molecule has 1 atom stereocenters. The highest BCUT2D eigenvalue weighted by Crippen LogP contribution is 2.31. The number of halogens is 2. The van der Waals surface area contributed by atoms with E-state index in [9.17, 15) is 9.59 Å². The van der Waals surface area contributed by atoms with Gasteiger partial charge in [-0.2, -0.15) is 0 Å². The zero-order valence-corrected chi connectivity index (χ0v) is 15.7. The normalized spacial score (nSPS) is 14.4. The molecule has 0 spiro atoms. The maximum absolute atomic E-state index is 12.3. The molecule has 26 heavy (non-hydrogen) atoms. The number of rotatable bonds is 5. The van der Waals surface area contributed by atoms with E-state index >= 15 is 0 Å². The molecule has 136 valence electrons. The molecule has 1 aliphatic rings. The summed E-state index contributed by atoms with van der Waals surface area (Å²) in [5.74, 6) is 0.339. The topological polar surface area (TPSA) is 58.6 Å². The van der Waals surface area contributed by atoms with Gasteiger partial charge in [0, 0.05) is 13.0 Å². The molecule has 3 rings (SSSR count). The molecule has 0 fully saturated rings. The molecule has 0 aliphatic carbocycles. The first-order valence-corrected chi connectivity index (χ1v) is 8.98. The highest BCUT2D eigenvalue weighted by molar-refractivity contribution is 6.42. The predicted molar refractivity (Wildman–Crippen MR) is 102 cm³/mol. The van der Waals surface area contributed by atoms with Crippen LogP contribution in [-0.4, -0.2) is 25.0 Å². The Labute approximate surface area is 161 Å². The second-order valence-corrected chi connectivity index (χ2v) is 6.83. The Kier molecular flexibility index (Phi) is 5.69. The van der Waals surface area contributed by atoms with Gasteiger partial charge in [-0.3, -0.25) is 9.59 Å². The van der Waals surface area contributed by atoms with Crippen LogP contribution in [0, 0.1) is 0 Å². The number of hydrogen-bond donors (Lipinski definition) is 1. The molecule has 0 radical (unpaired) electrons. The third kappa shape index (κ3) is 4.11. The van der Waals surface area contributed by atoms with Crippen LogP contribution in [0.5, 0.6) is 5.75 Å². The van der Waals surface area contributed by atoms with Crippen LogP contribution < -0.4 is 15.0 Å². The molecule has 0 saturated carbocycles. The predicted octanol–water partition coefficient (Wildman–Crippen LogP) is 3.99. The van der Waals surface area contributed by atoms with Crippen molar-refractivity contribution in [1.82, 2.24) is 5.32 Å². The number of nitrogens with one attached hydrogen (secondary N) is 1. The molecule has 0 aromatic heterocycles. The molecule has 1 heterocycles. The van der Waals surface area contributed by atoms with Crippen molar-refractivity contribution >= 4 is 40.7 Å². The molecule has 7 heteroatoms. The maximum Gasteiger partial charge on any atom is 0.265 e. The van der Waals surface area contributed by atoms with E-state index < -0.39 is 0 Å². The Balaban J connectivity index is 1.60. The third-order valence-corrected chi connectivity index (χ3v) is 4.93. The van der Waals surface area contributed by atoms with Crippen molar-refractivity contribution in [2.45, 2.75) is 19.4 Å². The summed E-state index contributed by atoms with van der Waals surface area (Å²) in [4.78, 5) is 26.0. The van der Waals surface area contributed by atoms with Gasteiger partial charge in [0.25, 0.3) is 5.91 Å². The van der Waals surface area contributed by atoms with Crippen LogP contribution in [0.25, 0.3) is 0 Å². The van der Waals surface area contributed by atoms with Gasteiger partial charge in [-0.05, 0) is 36.8 Å². The molecular weight excluding hydrogens is 375 g/mol. The average Bonchev–Trinajstić information content (AvgIpc) is 2.63. The standard InChI is InChI=1S/C19H18Cl2N2O3/c1-12(13-6-7-14(20)15(21)10-13)22-18(24)8-9-23-16-4-2-3-5-17(16)26-11-19(23)25/h2-7,10,12H,8-9,11H2,1H3,(H,22,24). The van der Waals surface area contributed by atoms with Crippen molar-refractivity contribution in [3.63, 3.8) is 0 Å². The number of hydrogen-bond acceptors (Lipinski definition) is 3. The maximum atomic E-state index is 12.3. The lowest BCUT2D eigenvalue weighted by Gasteiger charge is -2.29. The van der Waals surface area contributed by atoms with Crippen molar-refractivity contribution in [2.75, 3.05) is 18.1 Å². The third-order valence-electron chi connectivity index (χ3n) is 4.19. The number of fused-ring (bicyclic) bond motifs is 1. The van der Waals surface area contributed by atoms with E-state index in [-0.39, 0.29) is 30.9 Å². The van der Waals surface area contributed by atoms with Crippen LogP contribution in [0.4, 0.5) is 5.69 Å². The Morgan fingerprint density at radius 2 is 2.00 bits per heavy atom. The van der Waals surface area contributed by atoms with Gasteiger partial charge in [-0.25, -0.2) is 0 Å². The van der Waals surface area contributed by atoms with Gasteiger partial charge < -0.3 is 15.0 Å². The molecule has 2 amide bonds. The first-order valence-electron chi connectivity index (χ1n) is 8.22. The Bertz CT molecular complexity index is 841. The number of benzene rings is 2. The smallest absolute Gasteiger partial charge is 0.265 e. The zero-order chi connectivity index (χ0) is 18.7. The second kappa shape index (κ2) is 7.98. The highest BCUT2D eigenvalue weighted by Gasteiger charge is 2.25. The van der Waals surface area contributed by atoms with E-state index in [2.05, 4.69) is 5.32 Å². The van der Waals surface area contributed by atoms with E-state index in [0.717, 1.165) is 5.56 Å². The molecule has 2 aromatic carbocycles. The van der Waals surface area contributed by atoms with Gasteiger partial charge >= 0.3 is 0 Å². The summed E-state index contributed by atoms with van der Waals surface area (Å²) in [5.41, 5.74) is 1.55. The fraction of sp³-hybridized carbons (Fsp3) is 0.263. The summed E-state index contributed by atoms with van der Waals surface area (Å²) in [5, 5.41) is 3.83. The lowest BCUT2D eigenvalue weighted by molar-refractivity contribution is -0.122. The van der Waals surface area contributed by atoms with Crippen LogP contribution in [0.3, 0.4) is 0 Å². The SMILES string of the molecule is CC(NC(=O)CCN1C(=O)COc2ccccc21)c1ccc(Cl)c(Cl)c1. The van der Waals surface area contributed by atoms with Gasteiger partial charge in [-0.15, -0.1) is 0 Å². The summed E-state index contributed by atoms with van der Waals surface area (Å²) >= 11 is 11.9. The van der Waals surface area contributed by atoms with Gasteiger partial charge in [0.15, 0.2) is 6.61 Å². The van der Waals surface area contributed by atoms with Crippen LogP contribution in [-0.2, 0) is 9.59 Å². The number of anilines is 1. The van der Waals surface area contributed by atoms with Crippen LogP contribution >= 0.6 is 23.2 Å². The highest BCUT2D eigenvalue weighted by atomic mass is 35.5. The molecule has 1 N–H and O–H groups in total. The zero-order valence-electron chi connectivity index (χ0n) is 14.2. The van der Waals surface area contributed by atoms with E-state index in [1.807, 2.05) is 31.2 Å². The number of carbonyl (C=O) groups is 2. The van der Waals surface area contributed by atoms with Crippen molar-refractivity contribution in [3.8, 4) is 5.75 Å². The fourth-order valence-electron chi connectivity index (χ4n) is 2.79. The van der Waals surface area contributed by atoms with E-state index in [1.165, 1.54) is 0 Å². The van der Waals surface area contributed by atoms with E-state index in [1.54, 1.807) is 23.1 Å². The summed E-state index contributed by atoms with van der Waals surface area (Å²) < 4.78 is 5.40.